The molecule has 2 heterocycles. The Morgan fingerprint density at radius 1 is 0.975 bits per heavy atom. The summed E-state index contributed by atoms with van der Waals surface area (Å²) >= 11 is 0. The van der Waals surface area contributed by atoms with E-state index in [2.05, 4.69) is 67.4 Å². The largest absolute Gasteiger partial charge is 0.436 e. The van der Waals surface area contributed by atoms with Crippen molar-refractivity contribution in [1.29, 1.82) is 0 Å². The van der Waals surface area contributed by atoms with E-state index in [-0.39, 0.29) is 5.91 Å². The summed E-state index contributed by atoms with van der Waals surface area (Å²) in [6.45, 7) is 8.28. The van der Waals surface area contributed by atoms with Gasteiger partial charge < -0.3 is 4.42 Å². The van der Waals surface area contributed by atoms with Crippen LogP contribution in [0.15, 0.2) is 47.0 Å². The standard InChI is InChI=1S/C34H43N4O2/c1-22(2)29-19-18-23(3)31-33(29)40-34(36-31)30-21-35-37-32(30)25-12-11-17-28(20-25)38(24(4)39,26-13-7-5-8-14-26)27-15-9-6-10-16-27/h11-12,17-22,26-27H,5-10,13-16H2,1-4H3,(H,35,37)/q+1. The van der Waals surface area contributed by atoms with Gasteiger partial charge in [0.1, 0.15) is 23.3 Å². The van der Waals surface area contributed by atoms with Crippen LogP contribution in [0.1, 0.15) is 102 Å². The van der Waals surface area contributed by atoms with E-state index in [0.717, 1.165) is 70.4 Å². The molecule has 0 spiro atoms. The lowest BCUT2D eigenvalue weighted by Crippen LogP contribution is -2.66. The third kappa shape index (κ3) is 4.50. The molecule has 0 saturated heterocycles. The Morgan fingerprint density at radius 3 is 2.27 bits per heavy atom. The van der Waals surface area contributed by atoms with Crippen molar-refractivity contribution in [2.75, 3.05) is 0 Å². The Hall–Kier alpha value is -3.25. The average Bonchev–Trinajstić information content (AvgIpc) is 3.63. The zero-order valence-corrected chi connectivity index (χ0v) is 24.5. The second kappa shape index (κ2) is 11.0. The summed E-state index contributed by atoms with van der Waals surface area (Å²) in [6, 6.07) is 13.6. The maximum absolute atomic E-state index is 13.9. The van der Waals surface area contributed by atoms with Crippen molar-refractivity contribution in [2.24, 2.45) is 0 Å². The number of nitrogens with zero attached hydrogens (tertiary/aromatic N) is 3. The Bertz CT molecular complexity index is 1480. The molecular formula is C34H43N4O2+. The molecule has 6 nitrogen and oxygen atoms in total. The first-order valence-corrected chi connectivity index (χ1v) is 15.4. The molecule has 6 heteroatoms. The maximum Gasteiger partial charge on any atom is 0.316 e. The van der Waals surface area contributed by atoms with Crippen LogP contribution in [0.25, 0.3) is 33.8 Å². The monoisotopic (exact) mass is 539 g/mol. The minimum absolute atomic E-state index is 0.288. The topological polar surface area (TPSA) is 71.8 Å². The highest BCUT2D eigenvalue weighted by atomic mass is 16.3. The van der Waals surface area contributed by atoms with Crippen LogP contribution >= 0.6 is 0 Å². The van der Waals surface area contributed by atoms with Crippen molar-refractivity contribution in [3.8, 4) is 22.7 Å². The number of hydrogen-bond acceptors (Lipinski definition) is 4. The van der Waals surface area contributed by atoms with Gasteiger partial charge in [-0.25, -0.2) is 14.3 Å². The smallest absolute Gasteiger partial charge is 0.316 e. The lowest BCUT2D eigenvalue weighted by atomic mass is 9.84. The molecule has 6 rings (SSSR count). The molecule has 2 aliphatic carbocycles. The molecule has 0 aliphatic heterocycles. The van der Waals surface area contributed by atoms with Crippen molar-refractivity contribution >= 4 is 22.7 Å². The van der Waals surface area contributed by atoms with Crippen molar-refractivity contribution in [3.63, 3.8) is 0 Å². The van der Waals surface area contributed by atoms with Gasteiger partial charge in [-0.2, -0.15) is 5.10 Å². The minimum atomic E-state index is 0.288. The van der Waals surface area contributed by atoms with Crippen LogP contribution in [-0.4, -0.2) is 33.2 Å². The van der Waals surface area contributed by atoms with E-state index in [0.29, 0.717) is 28.4 Å². The number of nitrogens with one attached hydrogen (secondary N) is 1. The lowest BCUT2D eigenvalue weighted by Gasteiger charge is -2.49. The number of amides is 1. The van der Waals surface area contributed by atoms with E-state index in [1.54, 1.807) is 0 Å². The molecule has 0 unspecified atom stereocenters. The zero-order valence-electron chi connectivity index (χ0n) is 24.5. The fourth-order valence-electron chi connectivity index (χ4n) is 7.67. The Morgan fingerprint density at radius 2 is 1.65 bits per heavy atom. The predicted molar refractivity (Wildman–Crippen MR) is 162 cm³/mol. The highest BCUT2D eigenvalue weighted by Gasteiger charge is 2.50. The van der Waals surface area contributed by atoms with E-state index in [9.17, 15) is 4.79 Å². The number of H-pyrrole nitrogens is 1. The van der Waals surface area contributed by atoms with Crippen LogP contribution < -0.4 is 4.48 Å². The number of aromatic nitrogens is 3. The number of carbonyl (C=O) groups excluding carboxylic acids is 1. The van der Waals surface area contributed by atoms with Crippen LogP contribution in [0.4, 0.5) is 5.69 Å². The average molecular weight is 540 g/mol. The first kappa shape index (κ1) is 26.9. The predicted octanol–water partition coefficient (Wildman–Crippen LogP) is 8.84. The summed E-state index contributed by atoms with van der Waals surface area (Å²) in [5.41, 5.74) is 7.89. The molecule has 2 aromatic heterocycles. The molecule has 2 saturated carbocycles. The van der Waals surface area contributed by atoms with Crippen molar-refractivity contribution in [3.05, 3.63) is 53.7 Å². The van der Waals surface area contributed by atoms with Crippen LogP contribution in [0.3, 0.4) is 0 Å². The summed E-state index contributed by atoms with van der Waals surface area (Å²) in [7, 11) is 0. The molecule has 0 atom stereocenters. The van der Waals surface area contributed by atoms with Crippen molar-refractivity contribution in [2.45, 2.75) is 110 Å². The van der Waals surface area contributed by atoms with Gasteiger partial charge in [0.15, 0.2) is 5.58 Å². The van der Waals surface area contributed by atoms with Crippen molar-refractivity contribution in [1.82, 2.24) is 19.7 Å². The van der Waals surface area contributed by atoms with Gasteiger partial charge in [-0.05, 0) is 55.7 Å². The molecule has 2 aliphatic rings. The highest BCUT2D eigenvalue weighted by molar-refractivity contribution is 5.90. The first-order valence-electron chi connectivity index (χ1n) is 15.4. The van der Waals surface area contributed by atoms with Crippen LogP contribution in [0, 0.1) is 6.92 Å². The van der Waals surface area contributed by atoms with Gasteiger partial charge in [0, 0.05) is 37.3 Å². The third-order valence-electron chi connectivity index (χ3n) is 9.65. The molecule has 4 aromatic rings. The molecule has 0 bridgehead atoms. The highest BCUT2D eigenvalue weighted by Crippen LogP contribution is 2.44. The molecular weight excluding hydrogens is 496 g/mol. The summed E-state index contributed by atoms with van der Waals surface area (Å²) < 4.78 is 6.94. The quantitative estimate of drug-likeness (QED) is 0.248. The zero-order chi connectivity index (χ0) is 27.9. The maximum atomic E-state index is 13.9. The molecule has 1 amide bonds. The van der Waals surface area contributed by atoms with Crippen LogP contribution in [0.5, 0.6) is 0 Å². The van der Waals surface area contributed by atoms with E-state index in [1.165, 1.54) is 38.5 Å². The number of fused-ring (bicyclic) bond motifs is 1. The van der Waals surface area contributed by atoms with E-state index in [4.69, 9.17) is 9.40 Å². The third-order valence-corrected chi connectivity index (χ3v) is 9.65. The molecule has 210 valence electrons. The normalized spacial score (nSPS) is 17.6. The van der Waals surface area contributed by atoms with Gasteiger partial charge in [-0.15, -0.1) is 0 Å². The van der Waals surface area contributed by atoms with E-state index in [1.807, 2.05) is 13.1 Å². The molecule has 40 heavy (non-hydrogen) atoms. The van der Waals surface area contributed by atoms with Gasteiger partial charge in [0.25, 0.3) is 0 Å². The summed E-state index contributed by atoms with van der Waals surface area (Å²) in [6.07, 6.45) is 13.7. The van der Waals surface area contributed by atoms with Crippen LogP contribution in [0.2, 0.25) is 0 Å². The summed E-state index contributed by atoms with van der Waals surface area (Å²) in [5, 5.41) is 7.68. The van der Waals surface area contributed by atoms with Gasteiger partial charge in [-0.1, -0.05) is 51.0 Å². The summed E-state index contributed by atoms with van der Waals surface area (Å²) in [4.78, 5) is 18.8. The number of aryl methyl sites for hydroxylation is 1. The molecule has 2 fully saturated rings. The van der Waals surface area contributed by atoms with Gasteiger partial charge in [0.2, 0.25) is 5.89 Å². The number of carbonyl (C=O) groups is 1. The number of aromatic amines is 1. The van der Waals surface area contributed by atoms with Gasteiger partial charge >= 0.3 is 5.91 Å². The minimum Gasteiger partial charge on any atom is -0.436 e. The molecule has 0 radical (unpaired) electrons. The molecule has 2 aromatic carbocycles. The first-order chi connectivity index (χ1) is 19.4. The second-order valence-electron chi connectivity index (χ2n) is 12.4. The summed E-state index contributed by atoms with van der Waals surface area (Å²) in [5.74, 6) is 1.20. The van der Waals surface area contributed by atoms with E-state index < -0.39 is 0 Å². The fourth-order valence-corrected chi connectivity index (χ4v) is 7.67. The van der Waals surface area contributed by atoms with Gasteiger partial charge in [-0.3, -0.25) is 5.10 Å². The number of benzene rings is 2. The number of quaternary nitrogens is 1. The van der Waals surface area contributed by atoms with E-state index >= 15 is 0 Å². The fraction of sp³-hybridized carbons (Fsp3) is 0.500. The Balaban J connectivity index is 1.47. The van der Waals surface area contributed by atoms with Crippen LogP contribution in [-0.2, 0) is 4.79 Å². The lowest BCUT2D eigenvalue weighted by molar-refractivity contribution is -0.134. The molecule has 1 N–H and O–H groups in total. The Labute approximate surface area is 237 Å². The van der Waals surface area contributed by atoms with Crippen molar-refractivity contribution < 1.29 is 9.21 Å². The second-order valence-corrected chi connectivity index (χ2v) is 12.4. The SMILES string of the molecule is CC(=O)[N+](c1cccc(-c2[nH]ncc2-c2nc3c(C)ccc(C(C)C)c3o2)c1)(C1CCCCC1)C1CCCCC1. The Kier molecular flexibility index (Phi) is 7.39. The number of hydrogen-bond donors (Lipinski definition) is 1. The number of rotatable bonds is 6. The van der Waals surface area contributed by atoms with Gasteiger partial charge in [0.05, 0.1) is 24.4 Å². The number of oxazole rings is 1.